The van der Waals surface area contributed by atoms with Crippen LogP contribution in [0, 0.1) is 5.41 Å². The van der Waals surface area contributed by atoms with E-state index in [1.54, 1.807) is 12.2 Å². The summed E-state index contributed by atoms with van der Waals surface area (Å²) >= 11 is 0. The lowest BCUT2D eigenvalue weighted by Crippen LogP contribution is -2.22. The molecule has 0 spiro atoms. The molecule has 0 radical (unpaired) electrons. The third kappa shape index (κ3) is 6.27. The minimum absolute atomic E-state index is 0.139. The first-order chi connectivity index (χ1) is 9.55. The zero-order valence-electron chi connectivity index (χ0n) is 13.8. The Morgan fingerprint density at radius 1 is 1.05 bits per heavy atom. The molecule has 0 rings (SSSR count). The number of allylic oxidation sites excluding steroid dienone is 5. The van der Waals surface area contributed by atoms with Gasteiger partial charge in [0.05, 0.1) is 0 Å². The molecule has 0 aromatic rings. The predicted octanol–water partition coefficient (Wildman–Crippen LogP) is 5.90. The minimum Gasteiger partial charge on any atom is -0.399 e. The van der Waals surface area contributed by atoms with Gasteiger partial charge >= 0.3 is 0 Å². The van der Waals surface area contributed by atoms with Gasteiger partial charge in [-0.2, -0.15) is 0 Å². The summed E-state index contributed by atoms with van der Waals surface area (Å²) in [5.41, 5.74) is 8.33. The lowest BCUT2D eigenvalue weighted by molar-refractivity contribution is 0.322. The molecule has 0 saturated carbocycles. The monoisotopic (exact) mass is 275 g/mol. The highest BCUT2D eigenvalue weighted by atomic mass is 14.6. The van der Waals surface area contributed by atoms with E-state index in [4.69, 9.17) is 5.73 Å². The van der Waals surface area contributed by atoms with Crippen LogP contribution in [0.15, 0.2) is 48.7 Å². The molecule has 1 atom stereocenters. The number of nitrogens with two attached hydrogens (primary N) is 1. The first-order valence-corrected chi connectivity index (χ1v) is 7.97. The Morgan fingerprint density at radius 3 is 2.25 bits per heavy atom. The summed E-state index contributed by atoms with van der Waals surface area (Å²) in [5.74, 6) is 0. The van der Waals surface area contributed by atoms with Gasteiger partial charge in [0.1, 0.15) is 0 Å². The maximum absolute atomic E-state index is 6.18. The third-order valence-corrected chi connectivity index (χ3v) is 3.96. The first-order valence-electron chi connectivity index (χ1n) is 7.97. The Labute approximate surface area is 126 Å². The molecule has 2 N–H and O–H groups in total. The van der Waals surface area contributed by atoms with Crippen LogP contribution in [0.2, 0.25) is 0 Å². The van der Waals surface area contributed by atoms with E-state index in [0.717, 1.165) is 12.1 Å². The predicted molar refractivity (Wildman–Crippen MR) is 92.5 cm³/mol. The molecule has 0 fully saturated rings. The van der Waals surface area contributed by atoms with Crippen molar-refractivity contribution < 1.29 is 0 Å². The molecule has 114 valence electrons. The molecule has 0 bridgehead atoms. The number of hydrogen-bond donors (Lipinski definition) is 1. The Bertz CT molecular complexity index is 349. The maximum Gasteiger partial charge on any atom is 0.0346 e. The normalized spacial score (nSPS) is 15.8. The van der Waals surface area contributed by atoms with Crippen molar-refractivity contribution in [1.29, 1.82) is 0 Å². The van der Waals surface area contributed by atoms with Gasteiger partial charge in [0, 0.05) is 5.70 Å². The average Bonchev–Trinajstić information content (AvgIpc) is 2.44. The van der Waals surface area contributed by atoms with E-state index in [1.807, 2.05) is 6.08 Å². The van der Waals surface area contributed by atoms with Crippen molar-refractivity contribution in [1.82, 2.24) is 0 Å². The van der Waals surface area contributed by atoms with Crippen molar-refractivity contribution in [2.75, 3.05) is 0 Å². The zero-order chi connectivity index (χ0) is 15.4. The van der Waals surface area contributed by atoms with Crippen LogP contribution in [-0.2, 0) is 0 Å². The molecular formula is C19H33N. The second-order valence-electron chi connectivity index (χ2n) is 5.79. The lowest BCUT2D eigenvalue weighted by atomic mass is 9.73. The minimum atomic E-state index is 0.139. The molecule has 0 aliphatic heterocycles. The van der Waals surface area contributed by atoms with Gasteiger partial charge in [-0.3, -0.25) is 0 Å². The highest BCUT2D eigenvalue weighted by molar-refractivity contribution is 5.36. The largest absolute Gasteiger partial charge is 0.399 e. The van der Waals surface area contributed by atoms with E-state index in [0.29, 0.717) is 0 Å². The first kappa shape index (κ1) is 18.8. The molecule has 0 amide bonds. The summed E-state index contributed by atoms with van der Waals surface area (Å²) < 4.78 is 0. The van der Waals surface area contributed by atoms with Crippen molar-refractivity contribution in [3.63, 3.8) is 0 Å². The summed E-state index contributed by atoms with van der Waals surface area (Å²) in [6.45, 7) is 14.4. The summed E-state index contributed by atoms with van der Waals surface area (Å²) in [4.78, 5) is 0. The summed E-state index contributed by atoms with van der Waals surface area (Å²) in [6.07, 6.45) is 16.3. The second kappa shape index (κ2) is 10.5. The standard InChI is InChI=1S/C19H33N/c1-6-10-12-13-16-19(5,15-8-3)17(14-11-7-2)18(20)9-4/h7,9,11,14H,2,4,6,8,10,12-13,15-16,20H2,1,3,5H3/b14-11-,18-17-. The smallest absolute Gasteiger partial charge is 0.0346 e. The van der Waals surface area contributed by atoms with Gasteiger partial charge in [-0.25, -0.2) is 0 Å². The van der Waals surface area contributed by atoms with Crippen molar-refractivity contribution in [3.8, 4) is 0 Å². The molecule has 0 heterocycles. The second-order valence-corrected chi connectivity index (χ2v) is 5.79. The topological polar surface area (TPSA) is 26.0 Å². The van der Waals surface area contributed by atoms with Gasteiger partial charge in [-0.1, -0.05) is 84.3 Å². The summed E-state index contributed by atoms with van der Waals surface area (Å²) in [6, 6.07) is 0. The van der Waals surface area contributed by atoms with Crippen LogP contribution in [0.1, 0.15) is 65.7 Å². The Morgan fingerprint density at radius 2 is 1.75 bits per heavy atom. The highest BCUT2D eigenvalue weighted by Gasteiger charge is 2.27. The molecule has 20 heavy (non-hydrogen) atoms. The van der Waals surface area contributed by atoms with E-state index in [1.165, 1.54) is 44.1 Å². The Kier molecular flexibility index (Phi) is 9.88. The van der Waals surface area contributed by atoms with E-state index in [-0.39, 0.29) is 5.41 Å². The lowest BCUT2D eigenvalue weighted by Gasteiger charge is -2.32. The fourth-order valence-corrected chi connectivity index (χ4v) is 2.81. The molecular weight excluding hydrogens is 242 g/mol. The van der Waals surface area contributed by atoms with Gasteiger partial charge < -0.3 is 5.73 Å². The van der Waals surface area contributed by atoms with Gasteiger partial charge in [-0.05, 0) is 29.9 Å². The quantitative estimate of drug-likeness (QED) is 0.368. The Balaban J connectivity index is 5.18. The Hall–Kier alpha value is -1.24. The van der Waals surface area contributed by atoms with E-state index in [2.05, 4.69) is 40.0 Å². The highest BCUT2D eigenvalue weighted by Crippen LogP contribution is 2.39. The van der Waals surface area contributed by atoms with Crippen LogP contribution in [0.5, 0.6) is 0 Å². The van der Waals surface area contributed by atoms with Gasteiger partial charge in [0.2, 0.25) is 0 Å². The van der Waals surface area contributed by atoms with Crippen LogP contribution < -0.4 is 5.73 Å². The van der Waals surface area contributed by atoms with Crippen LogP contribution in [0.25, 0.3) is 0 Å². The fourth-order valence-electron chi connectivity index (χ4n) is 2.81. The van der Waals surface area contributed by atoms with Crippen LogP contribution in [0.4, 0.5) is 0 Å². The summed E-state index contributed by atoms with van der Waals surface area (Å²) in [5, 5.41) is 0. The number of hydrogen-bond acceptors (Lipinski definition) is 1. The van der Waals surface area contributed by atoms with Crippen LogP contribution in [0.3, 0.4) is 0 Å². The van der Waals surface area contributed by atoms with Gasteiger partial charge in [-0.15, -0.1) is 0 Å². The number of unbranched alkanes of at least 4 members (excludes halogenated alkanes) is 3. The fraction of sp³-hybridized carbons (Fsp3) is 0.579. The number of rotatable bonds is 11. The SMILES string of the molecule is C=C/C=C\C(=C(\N)C=C)C(C)(CCC)CCCCCC. The van der Waals surface area contributed by atoms with Crippen LogP contribution >= 0.6 is 0 Å². The van der Waals surface area contributed by atoms with Crippen molar-refractivity contribution in [2.24, 2.45) is 11.1 Å². The molecule has 0 aliphatic carbocycles. The van der Waals surface area contributed by atoms with Crippen molar-refractivity contribution >= 4 is 0 Å². The van der Waals surface area contributed by atoms with E-state index < -0.39 is 0 Å². The van der Waals surface area contributed by atoms with E-state index >= 15 is 0 Å². The van der Waals surface area contributed by atoms with Crippen molar-refractivity contribution in [3.05, 3.63) is 48.7 Å². The third-order valence-electron chi connectivity index (χ3n) is 3.96. The molecule has 1 unspecified atom stereocenters. The average molecular weight is 275 g/mol. The molecule has 0 aromatic heterocycles. The van der Waals surface area contributed by atoms with E-state index in [9.17, 15) is 0 Å². The molecule has 1 heteroatoms. The molecule has 0 aromatic carbocycles. The van der Waals surface area contributed by atoms with Crippen molar-refractivity contribution in [2.45, 2.75) is 65.7 Å². The van der Waals surface area contributed by atoms with Crippen LogP contribution in [-0.4, -0.2) is 0 Å². The molecule has 1 nitrogen and oxygen atoms in total. The van der Waals surface area contributed by atoms with Gasteiger partial charge in [0.25, 0.3) is 0 Å². The molecule has 0 aliphatic rings. The maximum atomic E-state index is 6.18. The summed E-state index contributed by atoms with van der Waals surface area (Å²) in [7, 11) is 0. The molecule has 0 saturated heterocycles. The zero-order valence-corrected chi connectivity index (χ0v) is 13.8. The van der Waals surface area contributed by atoms with Gasteiger partial charge in [0.15, 0.2) is 0 Å².